The van der Waals surface area contributed by atoms with E-state index in [0.717, 1.165) is 6.42 Å². The maximum atomic E-state index is 12.5. The highest BCUT2D eigenvalue weighted by Gasteiger charge is 2.10. The maximum Gasteiger partial charge on any atom is 0.269 e. The van der Waals surface area contributed by atoms with Crippen molar-refractivity contribution >= 4 is 34.6 Å². The molecule has 0 bridgehead atoms. The van der Waals surface area contributed by atoms with Crippen molar-refractivity contribution in [2.24, 2.45) is 0 Å². The van der Waals surface area contributed by atoms with Crippen LogP contribution in [0.2, 0.25) is 0 Å². The van der Waals surface area contributed by atoms with E-state index in [1.165, 1.54) is 29.8 Å². The Morgan fingerprint density at radius 1 is 1.00 bits per heavy atom. The molecule has 0 aliphatic heterocycles. The zero-order valence-corrected chi connectivity index (χ0v) is 16.7. The molecule has 0 aliphatic rings. The van der Waals surface area contributed by atoms with Crippen LogP contribution in [0.4, 0.5) is 11.4 Å². The molecule has 0 heterocycles. The van der Waals surface area contributed by atoms with Gasteiger partial charge in [-0.1, -0.05) is 36.4 Å². The summed E-state index contributed by atoms with van der Waals surface area (Å²) in [5.41, 5.74) is 2.08. The molecule has 7 nitrogen and oxygen atoms in total. The standard InChI is InChI=1S/C22H19N3O4S/c26-21(24-22(30)23-18-9-11-19(12-10-18)25(27)28)17-7-4-8-20(15-17)29-14-13-16-5-2-1-3-6-16/h1-12,15H,13-14H2,(H2,23,24,26,30). The maximum absolute atomic E-state index is 12.5. The van der Waals surface area contributed by atoms with Crippen LogP contribution in [0.15, 0.2) is 78.9 Å². The van der Waals surface area contributed by atoms with Gasteiger partial charge in [0.2, 0.25) is 0 Å². The molecule has 152 valence electrons. The van der Waals surface area contributed by atoms with Gasteiger partial charge >= 0.3 is 0 Å². The molecule has 30 heavy (non-hydrogen) atoms. The summed E-state index contributed by atoms with van der Waals surface area (Å²) < 4.78 is 5.75. The lowest BCUT2D eigenvalue weighted by atomic mass is 10.2. The lowest BCUT2D eigenvalue weighted by Gasteiger charge is -2.11. The average Bonchev–Trinajstić information content (AvgIpc) is 2.75. The molecule has 0 aliphatic carbocycles. The van der Waals surface area contributed by atoms with Crippen LogP contribution in [0.25, 0.3) is 0 Å². The summed E-state index contributed by atoms with van der Waals surface area (Å²) in [7, 11) is 0. The molecule has 0 spiro atoms. The number of anilines is 1. The van der Waals surface area contributed by atoms with Crippen LogP contribution in [-0.4, -0.2) is 22.5 Å². The zero-order chi connectivity index (χ0) is 21.3. The minimum atomic E-state index is -0.487. The Balaban J connectivity index is 1.52. The minimum Gasteiger partial charge on any atom is -0.493 e. The fourth-order valence-corrected chi connectivity index (χ4v) is 2.87. The Morgan fingerprint density at radius 2 is 1.73 bits per heavy atom. The number of ether oxygens (including phenoxy) is 1. The summed E-state index contributed by atoms with van der Waals surface area (Å²) in [6, 6.07) is 22.5. The third-order valence-electron chi connectivity index (χ3n) is 4.16. The molecule has 3 aromatic rings. The average molecular weight is 421 g/mol. The van der Waals surface area contributed by atoms with Gasteiger partial charge in [0.05, 0.1) is 11.5 Å². The first-order chi connectivity index (χ1) is 14.5. The van der Waals surface area contributed by atoms with Crippen LogP contribution in [-0.2, 0) is 6.42 Å². The molecule has 0 radical (unpaired) electrons. The molecule has 1 amide bonds. The second-order valence-corrected chi connectivity index (χ2v) is 6.73. The topological polar surface area (TPSA) is 93.5 Å². The van der Waals surface area contributed by atoms with E-state index in [1.54, 1.807) is 24.3 Å². The quantitative estimate of drug-likeness (QED) is 0.335. The normalized spacial score (nSPS) is 10.1. The summed E-state index contributed by atoms with van der Waals surface area (Å²) in [6.45, 7) is 0.495. The molecule has 0 unspecified atom stereocenters. The van der Waals surface area contributed by atoms with E-state index in [0.29, 0.717) is 23.6 Å². The third kappa shape index (κ3) is 6.11. The Hall–Kier alpha value is -3.78. The minimum absolute atomic E-state index is 0.0282. The molecule has 0 aromatic heterocycles. The van der Waals surface area contributed by atoms with Crippen LogP contribution >= 0.6 is 12.2 Å². The van der Waals surface area contributed by atoms with Gasteiger partial charge in [-0.3, -0.25) is 20.2 Å². The van der Waals surface area contributed by atoms with Crippen molar-refractivity contribution in [1.82, 2.24) is 5.32 Å². The van der Waals surface area contributed by atoms with Gasteiger partial charge < -0.3 is 10.1 Å². The van der Waals surface area contributed by atoms with Gasteiger partial charge in [-0.2, -0.15) is 0 Å². The molecule has 3 rings (SSSR count). The number of thiocarbonyl (C=S) groups is 1. The van der Waals surface area contributed by atoms with Crippen molar-refractivity contribution in [3.05, 3.63) is 100 Å². The summed E-state index contributed by atoms with van der Waals surface area (Å²) in [5.74, 6) is 0.204. The van der Waals surface area contributed by atoms with Gasteiger partial charge in [0.1, 0.15) is 5.75 Å². The first kappa shape index (κ1) is 20.9. The molecule has 3 aromatic carbocycles. The number of carbonyl (C=O) groups excluding carboxylic acids is 1. The van der Waals surface area contributed by atoms with E-state index in [1.807, 2.05) is 30.3 Å². The second kappa shape index (κ2) is 10.1. The highest BCUT2D eigenvalue weighted by molar-refractivity contribution is 7.80. The smallest absolute Gasteiger partial charge is 0.269 e. The molecule has 8 heteroatoms. The number of nitro benzene ring substituents is 1. The number of nitrogens with one attached hydrogen (secondary N) is 2. The van der Waals surface area contributed by atoms with Crippen LogP contribution in [0.5, 0.6) is 5.75 Å². The van der Waals surface area contributed by atoms with E-state index >= 15 is 0 Å². The predicted molar refractivity (Wildman–Crippen MR) is 119 cm³/mol. The Labute approximate surface area is 178 Å². The Morgan fingerprint density at radius 3 is 2.43 bits per heavy atom. The monoisotopic (exact) mass is 421 g/mol. The fraction of sp³-hybridized carbons (Fsp3) is 0.0909. The Bertz CT molecular complexity index is 1040. The lowest BCUT2D eigenvalue weighted by molar-refractivity contribution is -0.384. The first-order valence-corrected chi connectivity index (χ1v) is 9.56. The highest BCUT2D eigenvalue weighted by atomic mass is 32.1. The van der Waals surface area contributed by atoms with E-state index in [2.05, 4.69) is 10.6 Å². The number of carbonyl (C=O) groups is 1. The van der Waals surface area contributed by atoms with E-state index in [9.17, 15) is 14.9 Å². The summed E-state index contributed by atoms with van der Waals surface area (Å²) >= 11 is 5.15. The highest BCUT2D eigenvalue weighted by Crippen LogP contribution is 2.16. The van der Waals surface area contributed by atoms with Crippen molar-refractivity contribution in [3.8, 4) is 5.75 Å². The van der Waals surface area contributed by atoms with Gasteiger partial charge in [-0.05, 0) is 48.1 Å². The summed E-state index contributed by atoms with van der Waals surface area (Å²) in [5, 5.41) is 16.2. The van der Waals surface area contributed by atoms with Gasteiger partial charge in [-0.15, -0.1) is 0 Å². The summed E-state index contributed by atoms with van der Waals surface area (Å²) in [6.07, 6.45) is 0.764. The third-order valence-corrected chi connectivity index (χ3v) is 4.37. The first-order valence-electron chi connectivity index (χ1n) is 9.15. The van der Waals surface area contributed by atoms with Gasteiger partial charge in [-0.25, -0.2) is 0 Å². The van der Waals surface area contributed by atoms with Crippen molar-refractivity contribution in [2.45, 2.75) is 6.42 Å². The zero-order valence-electron chi connectivity index (χ0n) is 15.9. The summed E-state index contributed by atoms with van der Waals surface area (Å²) in [4.78, 5) is 22.7. The van der Waals surface area contributed by atoms with Crippen LogP contribution in [0, 0.1) is 10.1 Å². The van der Waals surface area contributed by atoms with Gasteiger partial charge in [0, 0.05) is 29.8 Å². The molecule has 0 saturated carbocycles. The number of benzene rings is 3. The molecule has 2 N–H and O–H groups in total. The number of nitro groups is 1. The van der Waals surface area contributed by atoms with Crippen LogP contribution in [0.3, 0.4) is 0 Å². The second-order valence-electron chi connectivity index (χ2n) is 6.32. The fourth-order valence-electron chi connectivity index (χ4n) is 2.66. The Kier molecular flexibility index (Phi) is 7.07. The van der Waals surface area contributed by atoms with E-state index in [-0.39, 0.29) is 16.7 Å². The number of non-ortho nitro benzene ring substituents is 1. The van der Waals surface area contributed by atoms with Gasteiger partial charge in [0.25, 0.3) is 11.6 Å². The largest absolute Gasteiger partial charge is 0.493 e. The number of amides is 1. The molecular formula is C22H19N3O4S. The van der Waals surface area contributed by atoms with E-state index in [4.69, 9.17) is 17.0 Å². The number of rotatable bonds is 7. The lowest BCUT2D eigenvalue weighted by Crippen LogP contribution is -2.34. The molecule has 0 fully saturated rings. The van der Waals surface area contributed by atoms with E-state index < -0.39 is 4.92 Å². The van der Waals surface area contributed by atoms with Crippen molar-refractivity contribution in [1.29, 1.82) is 0 Å². The molecule has 0 saturated heterocycles. The number of hydrogen-bond acceptors (Lipinski definition) is 5. The molecular weight excluding hydrogens is 402 g/mol. The SMILES string of the molecule is O=C(NC(=S)Nc1ccc([N+](=O)[O-])cc1)c1cccc(OCCc2ccccc2)c1. The van der Waals surface area contributed by atoms with Crippen molar-refractivity contribution in [3.63, 3.8) is 0 Å². The number of hydrogen-bond donors (Lipinski definition) is 2. The van der Waals surface area contributed by atoms with Crippen molar-refractivity contribution in [2.75, 3.05) is 11.9 Å². The van der Waals surface area contributed by atoms with Crippen molar-refractivity contribution < 1.29 is 14.5 Å². The van der Waals surface area contributed by atoms with Crippen LogP contribution in [0.1, 0.15) is 15.9 Å². The van der Waals surface area contributed by atoms with Gasteiger partial charge in [0.15, 0.2) is 5.11 Å². The predicted octanol–water partition coefficient (Wildman–Crippen LogP) is 4.34. The molecule has 0 atom stereocenters. The number of nitrogens with zero attached hydrogens (tertiary/aromatic N) is 1. The van der Waals surface area contributed by atoms with Crippen LogP contribution < -0.4 is 15.4 Å².